The lowest BCUT2D eigenvalue weighted by Crippen LogP contribution is -2.48. The summed E-state index contributed by atoms with van der Waals surface area (Å²) in [7, 11) is 1.58. The predicted molar refractivity (Wildman–Crippen MR) is 126 cm³/mol. The van der Waals surface area contributed by atoms with Crippen LogP contribution in [-0.4, -0.2) is 61.4 Å². The molecule has 1 saturated heterocycles. The Hall–Kier alpha value is -3.45. The monoisotopic (exact) mass is 449 g/mol. The molecule has 0 spiro atoms. The van der Waals surface area contributed by atoms with Crippen molar-refractivity contribution < 1.29 is 18.7 Å². The van der Waals surface area contributed by atoms with Crippen LogP contribution in [0.4, 0.5) is 4.39 Å². The molecule has 0 bridgehead atoms. The van der Waals surface area contributed by atoms with Gasteiger partial charge in [-0.1, -0.05) is 30.3 Å². The Bertz CT molecular complexity index is 1140. The highest BCUT2D eigenvalue weighted by molar-refractivity contribution is 5.98. The molecule has 0 radical (unpaired) electrons. The van der Waals surface area contributed by atoms with Gasteiger partial charge in [0.1, 0.15) is 11.6 Å². The molecule has 0 saturated carbocycles. The van der Waals surface area contributed by atoms with Crippen molar-refractivity contribution in [1.82, 2.24) is 15.1 Å². The summed E-state index contributed by atoms with van der Waals surface area (Å²) in [6, 6.07) is 18.0. The van der Waals surface area contributed by atoms with E-state index in [4.69, 9.17) is 4.74 Å². The van der Waals surface area contributed by atoms with Gasteiger partial charge in [-0.15, -0.1) is 0 Å². The molecule has 172 valence electrons. The average Bonchev–Trinajstić information content (AvgIpc) is 2.84. The van der Waals surface area contributed by atoms with E-state index in [-0.39, 0.29) is 24.1 Å². The summed E-state index contributed by atoms with van der Waals surface area (Å²) >= 11 is 0. The lowest BCUT2D eigenvalue weighted by molar-refractivity contribution is -0.132. The highest BCUT2D eigenvalue weighted by atomic mass is 19.1. The second kappa shape index (κ2) is 10.4. The number of nitrogens with zero attached hydrogens (tertiary/aromatic N) is 2. The van der Waals surface area contributed by atoms with Gasteiger partial charge in [0.25, 0.3) is 5.91 Å². The van der Waals surface area contributed by atoms with Gasteiger partial charge in [-0.25, -0.2) is 4.39 Å². The zero-order chi connectivity index (χ0) is 23.2. The zero-order valence-electron chi connectivity index (χ0n) is 18.7. The van der Waals surface area contributed by atoms with Crippen molar-refractivity contribution >= 4 is 22.6 Å². The molecule has 1 heterocycles. The minimum absolute atomic E-state index is 0.0248. The van der Waals surface area contributed by atoms with Crippen molar-refractivity contribution in [3.05, 3.63) is 77.6 Å². The molecule has 0 aromatic heterocycles. The van der Waals surface area contributed by atoms with Gasteiger partial charge >= 0.3 is 0 Å². The van der Waals surface area contributed by atoms with E-state index in [1.807, 2.05) is 41.3 Å². The molecule has 2 amide bonds. The van der Waals surface area contributed by atoms with Crippen molar-refractivity contribution in [1.29, 1.82) is 0 Å². The fourth-order valence-corrected chi connectivity index (χ4v) is 4.14. The first-order valence-electron chi connectivity index (χ1n) is 11.1. The molecule has 0 unspecified atom stereocenters. The van der Waals surface area contributed by atoms with Gasteiger partial charge in [-0.05, 0) is 41.1 Å². The van der Waals surface area contributed by atoms with Crippen LogP contribution in [0.25, 0.3) is 10.8 Å². The first-order chi connectivity index (χ1) is 16.0. The summed E-state index contributed by atoms with van der Waals surface area (Å²) in [6.45, 7) is 3.49. The number of halogens is 1. The number of nitrogens with one attached hydrogen (secondary N) is 1. The number of piperazine rings is 1. The average molecular weight is 450 g/mol. The number of amides is 2. The number of ether oxygens (including phenoxy) is 1. The lowest BCUT2D eigenvalue weighted by atomic mass is 10.1. The molecule has 3 aromatic rings. The highest BCUT2D eigenvalue weighted by Gasteiger charge is 2.22. The van der Waals surface area contributed by atoms with E-state index in [2.05, 4.69) is 10.2 Å². The van der Waals surface area contributed by atoms with E-state index in [0.29, 0.717) is 50.6 Å². The molecule has 1 aliphatic heterocycles. The Labute approximate surface area is 192 Å². The van der Waals surface area contributed by atoms with E-state index in [0.717, 1.165) is 16.3 Å². The molecule has 1 N–H and O–H groups in total. The number of rotatable bonds is 7. The molecule has 0 aliphatic carbocycles. The number of hydrogen-bond acceptors (Lipinski definition) is 4. The third-order valence-electron chi connectivity index (χ3n) is 6.00. The molecule has 7 heteroatoms. The molecular weight excluding hydrogens is 421 g/mol. The summed E-state index contributed by atoms with van der Waals surface area (Å²) in [5.74, 6) is 0.224. The van der Waals surface area contributed by atoms with Crippen molar-refractivity contribution in [2.24, 2.45) is 0 Å². The Morgan fingerprint density at radius 1 is 0.970 bits per heavy atom. The van der Waals surface area contributed by atoms with Crippen LogP contribution in [0.3, 0.4) is 0 Å². The molecule has 3 aromatic carbocycles. The summed E-state index contributed by atoms with van der Waals surface area (Å²) in [6.07, 6.45) is 0.261. The van der Waals surface area contributed by atoms with Gasteiger partial charge in [0, 0.05) is 56.8 Å². The van der Waals surface area contributed by atoms with Gasteiger partial charge < -0.3 is 15.0 Å². The Kier molecular flexibility index (Phi) is 7.19. The van der Waals surface area contributed by atoms with Crippen molar-refractivity contribution in [2.45, 2.75) is 13.0 Å². The van der Waals surface area contributed by atoms with Crippen LogP contribution in [0.1, 0.15) is 22.3 Å². The minimum atomic E-state index is -0.287. The number of carbonyl (C=O) groups excluding carboxylic acids is 2. The number of methoxy groups -OCH3 is 1. The van der Waals surface area contributed by atoms with E-state index in [9.17, 15) is 14.0 Å². The standard InChI is InChI=1S/C26H28FN3O3/c1-33-24-9-8-23(27)17-22(24)18-29-12-14-30(15-13-29)25(31)10-11-28-26(32)21-7-6-19-4-2-3-5-20(19)16-21/h2-9,16-17H,10-15,18H2,1H3,(H,28,32). The number of fused-ring (bicyclic) bond motifs is 1. The number of hydrogen-bond donors (Lipinski definition) is 1. The van der Waals surface area contributed by atoms with Crippen LogP contribution in [0.5, 0.6) is 5.75 Å². The van der Waals surface area contributed by atoms with Crippen molar-refractivity contribution in [3.8, 4) is 5.75 Å². The van der Waals surface area contributed by atoms with Gasteiger partial charge in [0.05, 0.1) is 7.11 Å². The maximum atomic E-state index is 13.6. The molecule has 6 nitrogen and oxygen atoms in total. The third kappa shape index (κ3) is 5.68. The third-order valence-corrected chi connectivity index (χ3v) is 6.00. The molecule has 0 atom stereocenters. The van der Waals surface area contributed by atoms with Crippen LogP contribution in [0.2, 0.25) is 0 Å². The number of carbonyl (C=O) groups is 2. The molecule has 1 aliphatic rings. The second-order valence-corrected chi connectivity index (χ2v) is 8.18. The topological polar surface area (TPSA) is 61.9 Å². The lowest BCUT2D eigenvalue weighted by Gasteiger charge is -2.35. The molecular formula is C26H28FN3O3. The zero-order valence-corrected chi connectivity index (χ0v) is 18.7. The van der Waals surface area contributed by atoms with Gasteiger partial charge in [-0.3, -0.25) is 14.5 Å². The fourth-order valence-electron chi connectivity index (χ4n) is 4.14. The largest absolute Gasteiger partial charge is 0.496 e. The normalized spacial score (nSPS) is 14.3. The van der Waals surface area contributed by atoms with Crippen LogP contribution in [0.15, 0.2) is 60.7 Å². The first-order valence-corrected chi connectivity index (χ1v) is 11.1. The fraction of sp³-hybridized carbons (Fsp3) is 0.308. The van der Waals surface area contributed by atoms with Gasteiger partial charge in [0.2, 0.25) is 5.91 Å². The summed E-state index contributed by atoms with van der Waals surface area (Å²) in [4.78, 5) is 29.1. The van der Waals surface area contributed by atoms with Gasteiger partial charge in [0.15, 0.2) is 0 Å². The highest BCUT2D eigenvalue weighted by Crippen LogP contribution is 2.22. The maximum absolute atomic E-state index is 13.6. The molecule has 33 heavy (non-hydrogen) atoms. The number of benzene rings is 3. The summed E-state index contributed by atoms with van der Waals surface area (Å²) < 4.78 is 18.9. The molecule has 4 rings (SSSR count). The Morgan fingerprint density at radius 2 is 1.73 bits per heavy atom. The quantitative estimate of drug-likeness (QED) is 0.600. The SMILES string of the molecule is COc1ccc(F)cc1CN1CCN(C(=O)CCNC(=O)c2ccc3ccccc3c2)CC1. The van der Waals surface area contributed by atoms with E-state index in [1.165, 1.54) is 12.1 Å². The predicted octanol–water partition coefficient (Wildman–Crippen LogP) is 3.45. The Morgan fingerprint density at radius 3 is 2.48 bits per heavy atom. The van der Waals surface area contributed by atoms with Crippen LogP contribution >= 0.6 is 0 Å². The van der Waals surface area contributed by atoms with E-state index < -0.39 is 0 Å². The molecule has 1 fully saturated rings. The van der Waals surface area contributed by atoms with E-state index in [1.54, 1.807) is 19.2 Å². The Balaban J connectivity index is 1.22. The van der Waals surface area contributed by atoms with Gasteiger partial charge in [-0.2, -0.15) is 0 Å². The van der Waals surface area contributed by atoms with Crippen molar-refractivity contribution in [2.75, 3.05) is 39.8 Å². The van der Waals surface area contributed by atoms with E-state index >= 15 is 0 Å². The minimum Gasteiger partial charge on any atom is -0.496 e. The van der Waals surface area contributed by atoms with Crippen LogP contribution < -0.4 is 10.1 Å². The van der Waals surface area contributed by atoms with Crippen LogP contribution in [-0.2, 0) is 11.3 Å². The second-order valence-electron chi connectivity index (χ2n) is 8.18. The maximum Gasteiger partial charge on any atom is 0.251 e. The van der Waals surface area contributed by atoms with Crippen molar-refractivity contribution in [3.63, 3.8) is 0 Å². The first kappa shape index (κ1) is 22.7. The van der Waals surface area contributed by atoms with Crippen LogP contribution in [0, 0.1) is 5.82 Å². The smallest absolute Gasteiger partial charge is 0.251 e. The summed E-state index contributed by atoms with van der Waals surface area (Å²) in [5, 5.41) is 4.94. The summed E-state index contributed by atoms with van der Waals surface area (Å²) in [5.41, 5.74) is 1.39.